The summed E-state index contributed by atoms with van der Waals surface area (Å²) in [6.07, 6.45) is -12.4. The number of rotatable bonds is 6. The first-order valence-corrected chi connectivity index (χ1v) is 14.5. The summed E-state index contributed by atoms with van der Waals surface area (Å²) in [6, 6.07) is 8.48. The lowest BCUT2D eigenvalue weighted by Gasteiger charge is -2.41. The zero-order chi connectivity index (χ0) is 32.6. The summed E-state index contributed by atoms with van der Waals surface area (Å²) in [5, 5.41) is 0. The lowest BCUT2D eigenvalue weighted by Crippen LogP contribution is -2.40. The second kappa shape index (κ2) is 12.6. The third-order valence-electron chi connectivity index (χ3n) is 8.10. The Balaban J connectivity index is 1.76. The second-order valence-electron chi connectivity index (χ2n) is 12.4. The number of esters is 1. The van der Waals surface area contributed by atoms with Crippen LogP contribution in [0.3, 0.4) is 0 Å². The fraction of sp³-hybridized carbons (Fsp3) is 0.562. The Morgan fingerprint density at radius 1 is 0.932 bits per heavy atom. The van der Waals surface area contributed by atoms with E-state index in [1.54, 1.807) is 25.7 Å². The van der Waals surface area contributed by atoms with Crippen LogP contribution in [-0.4, -0.2) is 48.4 Å². The second-order valence-corrected chi connectivity index (χ2v) is 12.4. The van der Waals surface area contributed by atoms with Crippen LogP contribution in [-0.2, 0) is 31.4 Å². The molecule has 0 aromatic heterocycles. The summed E-state index contributed by atoms with van der Waals surface area (Å²) in [4.78, 5) is 27.8. The number of benzene rings is 2. The number of hydrogen-bond donors (Lipinski definition) is 0. The predicted molar refractivity (Wildman–Crippen MR) is 149 cm³/mol. The van der Waals surface area contributed by atoms with Crippen molar-refractivity contribution in [2.75, 3.05) is 19.7 Å². The summed E-state index contributed by atoms with van der Waals surface area (Å²) < 4.78 is 99.3. The van der Waals surface area contributed by atoms with Crippen LogP contribution in [0.4, 0.5) is 31.1 Å². The maximum atomic E-state index is 13.7. The van der Waals surface area contributed by atoms with Gasteiger partial charge in [0.05, 0.1) is 23.8 Å². The molecule has 1 aliphatic heterocycles. The zero-order valence-corrected chi connectivity index (χ0v) is 25.2. The van der Waals surface area contributed by atoms with Gasteiger partial charge in [0, 0.05) is 19.0 Å². The Bertz CT molecular complexity index is 1320. The maximum Gasteiger partial charge on any atom is 0.416 e. The molecule has 0 radical (unpaired) electrons. The highest BCUT2D eigenvalue weighted by atomic mass is 19.4. The Hall–Kier alpha value is -3.28. The average Bonchev–Trinajstić information content (AvgIpc) is 3.35. The summed E-state index contributed by atoms with van der Waals surface area (Å²) in [7, 11) is 0. The number of ether oxygens (including phenoxy) is 3. The number of aryl methyl sites for hydroxylation is 1. The van der Waals surface area contributed by atoms with E-state index in [1.807, 2.05) is 31.2 Å². The van der Waals surface area contributed by atoms with Gasteiger partial charge in [-0.05, 0) is 94.2 Å². The van der Waals surface area contributed by atoms with E-state index < -0.39 is 64.8 Å². The van der Waals surface area contributed by atoms with Crippen molar-refractivity contribution >= 4 is 12.1 Å². The van der Waals surface area contributed by atoms with Crippen molar-refractivity contribution < 1.29 is 50.1 Å². The van der Waals surface area contributed by atoms with Crippen molar-refractivity contribution in [3.8, 4) is 0 Å². The van der Waals surface area contributed by atoms with Crippen LogP contribution < -0.4 is 0 Å². The molecular formula is C32H37F6NO5. The van der Waals surface area contributed by atoms with Crippen LogP contribution >= 0.6 is 0 Å². The summed E-state index contributed by atoms with van der Waals surface area (Å²) in [6.45, 7) is 9.24. The lowest BCUT2D eigenvalue weighted by molar-refractivity contribution is -0.165. The van der Waals surface area contributed by atoms with E-state index in [0.29, 0.717) is 38.1 Å². The molecule has 1 amide bonds. The molecule has 2 fully saturated rings. The largest absolute Gasteiger partial charge is 0.464 e. The highest BCUT2D eigenvalue weighted by Crippen LogP contribution is 2.49. The van der Waals surface area contributed by atoms with Crippen LogP contribution in [0.1, 0.15) is 80.4 Å². The molecule has 2 aliphatic rings. The normalized spacial score (nSPS) is 23.2. The molecule has 5 atom stereocenters. The SMILES string of the molecule is CCOC(=O)[C@@H](O[C@H]1CC[C@@H]2CN(C(=O)OC(C)(C)C)C[C@H]2[C@@H]1c1ccccc1C)c1cc(C(F)(F)F)cc(C(F)(F)F)c1. The maximum absolute atomic E-state index is 13.7. The Morgan fingerprint density at radius 2 is 1.55 bits per heavy atom. The standard InChI is InChI=1S/C32H37F6NO5/c1-6-42-28(40)27(20-13-21(31(33,34)35)15-22(14-20)32(36,37)38)43-25-12-11-19-16-39(29(41)44-30(3,4)5)17-24(19)26(25)23-10-8-7-9-18(23)2/h7-10,13-15,19,24-27H,6,11-12,16-17H2,1-5H3/t19-,24-,25+,26+,27+/m1/s1. The molecule has 1 aliphatic carbocycles. The van der Waals surface area contributed by atoms with Gasteiger partial charge < -0.3 is 19.1 Å². The molecule has 0 bridgehead atoms. The number of halogens is 6. The number of likely N-dealkylation sites (tertiary alicyclic amines) is 1. The highest BCUT2D eigenvalue weighted by molar-refractivity contribution is 5.77. The molecule has 4 rings (SSSR count). The number of fused-ring (bicyclic) bond motifs is 1. The molecule has 0 unspecified atom stereocenters. The van der Waals surface area contributed by atoms with Gasteiger partial charge in [-0.2, -0.15) is 26.3 Å². The number of carbonyl (C=O) groups excluding carboxylic acids is 2. The predicted octanol–water partition coefficient (Wildman–Crippen LogP) is 8.08. The van der Waals surface area contributed by atoms with E-state index in [9.17, 15) is 35.9 Å². The Kier molecular flexibility index (Phi) is 9.63. The smallest absolute Gasteiger partial charge is 0.416 e. The number of amides is 1. The van der Waals surface area contributed by atoms with E-state index in [-0.39, 0.29) is 24.5 Å². The van der Waals surface area contributed by atoms with Gasteiger partial charge in [-0.25, -0.2) is 9.59 Å². The van der Waals surface area contributed by atoms with Crippen molar-refractivity contribution in [2.24, 2.45) is 11.8 Å². The summed E-state index contributed by atoms with van der Waals surface area (Å²) >= 11 is 0. The quantitative estimate of drug-likeness (QED) is 0.239. The molecule has 2 aromatic rings. The minimum atomic E-state index is -5.11. The van der Waals surface area contributed by atoms with Gasteiger partial charge in [-0.1, -0.05) is 24.3 Å². The zero-order valence-electron chi connectivity index (χ0n) is 25.2. The number of alkyl halides is 6. The lowest BCUT2D eigenvalue weighted by atomic mass is 9.68. The summed E-state index contributed by atoms with van der Waals surface area (Å²) in [5.74, 6) is -1.64. The fourth-order valence-electron chi connectivity index (χ4n) is 6.26. The van der Waals surface area contributed by atoms with Crippen LogP contribution in [0.5, 0.6) is 0 Å². The van der Waals surface area contributed by atoms with Gasteiger partial charge in [0.2, 0.25) is 0 Å². The summed E-state index contributed by atoms with van der Waals surface area (Å²) in [5.41, 5.74) is -2.65. The molecule has 1 heterocycles. The van der Waals surface area contributed by atoms with Crippen molar-refractivity contribution in [2.45, 2.75) is 83.5 Å². The van der Waals surface area contributed by atoms with Crippen molar-refractivity contribution in [1.29, 1.82) is 0 Å². The van der Waals surface area contributed by atoms with Crippen LogP contribution in [0.25, 0.3) is 0 Å². The van der Waals surface area contributed by atoms with Gasteiger partial charge in [0.25, 0.3) is 0 Å². The van der Waals surface area contributed by atoms with Crippen molar-refractivity contribution in [3.05, 3.63) is 70.3 Å². The molecule has 0 spiro atoms. The monoisotopic (exact) mass is 629 g/mol. The first-order valence-electron chi connectivity index (χ1n) is 14.5. The third kappa shape index (κ3) is 7.68. The minimum absolute atomic E-state index is 0.0108. The number of carbonyl (C=O) groups is 2. The average molecular weight is 630 g/mol. The molecule has 44 heavy (non-hydrogen) atoms. The fourth-order valence-corrected chi connectivity index (χ4v) is 6.26. The third-order valence-corrected chi connectivity index (χ3v) is 8.10. The molecular weight excluding hydrogens is 592 g/mol. The topological polar surface area (TPSA) is 65.1 Å². The minimum Gasteiger partial charge on any atom is -0.464 e. The Labute approximate surface area is 252 Å². The molecule has 1 saturated carbocycles. The first-order chi connectivity index (χ1) is 20.4. The van der Waals surface area contributed by atoms with Crippen molar-refractivity contribution in [1.82, 2.24) is 4.90 Å². The Morgan fingerprint density at radius 3 is 2.09 bits per heavy atom. The molecule has 242 valence electrons. The van der Waals surface area contributed by atoms with E-state index in [1.165, 1.54) is 6.92 Å². The molecule has 2 aromatic carbocycles. The van der Waals surface area contributed by atoms with Gasteiger partial charge in [0.1, 0.15) is 5.60 Å². The molecule has 1 saturated heterocycles. The van der Waals surface area contributed by atoms with Gasteiger partial charge in [0.15, 0.2) is 6.10 Å². The van der Waals surface area contributed by atoms with Crippen molar-refractivity contribution in [3.63, 3.8) is 0 Å². The van der Waals surface area contributed by atoms with Gasteiger partial charge in [-0.15, -0.1) is 0 Å². The van der Waals surface area contributed by atoms with Gasteiger partial charge in [-0.3, -0.25) is 0 Å². The molecule has 0 N–H and O–H groups in total. The first kappa shape index (κ1) is 33.6. The highest BCUT2D eigenvalue weighted by Gasteiger charge is 2.49. The van der Waals surface area contributed by atoms with E-state index >= 15 is 0 Å². The molecule has 12 heteroatoms. The van der Waals surface area contributed by atoms with Crippen LogP contribution in [0, 0.1) is 18.8 Å². The van der Waals surface area contributed by atoms with E-state index in [4.69, 9.17) is 14.2 Å². The number of hydrogen-bond acceptors (Lipinski definition) is 5. The number of nitrogens with zero attached hydrogens (tertiary/aromatic N) is 1. The van der Waals surface area contributed by atoms with E-state index in [0.717, 1.165) is 11.1 Å². The molecule has 6 nitrogen and oxygen atoms in total. The van der Waals surface area contributed by atoms with Gasteiger partial charge >= 0.3 is 24.4 Å². The van der Waals surface area contributed by atoms with Crippen LogP contribution in [0.2, 0.25) is 0 Å². The van der Waals surface area contributed by atoms with E-state index in [2.05, 4.69) is 0 Å². The van der Waals surface area contributed by atoms with Crippen LogP contribution in [0.15, 0.2) is 42.5 Å².